The standard InChI is InChI=1S/C21H25NO/c1-17-7-9-18(10-8-17)11-12-21(23)22-15-13-20(14-16-22)19-5-3-2-4-6-19/h2-10,20H,11-16H2,1H3. The van der Waals surface area contributed by atoms with Crippen LogP contribution in [-0.4, -0.2) is 23.9 Å². The summed E-state index contributed by atoms with van der Waals surface area (Å²) in [6.45, 7) is 3.88. The van der Waals surface area contributed by atoms with Gasteiger partial charge in [0, 0.05) is 19.5 Å². The normalized spacial score (nSPS) is 15.6. The number of hydrogen-bond donors (Lipinski definition) is 0. The van der Waals surface area contributed by atoms with Crippen LogP contribution in [0, 0.1) is 6.92 Å². The van der Waals surface area contributed by atoms with Crippen LogP contribution in [0.15, 0.2) is 54.6 Å². The van der Waals surface area contributed by atoms with E-state index in [1.165, 1.54) is 16.7 Å². The van der Waals surface area contributed by atoms with E-state index in [1.54, 1.807) is 0 Å². The van der Waals surface area contributed by atoms with E-state index < -0.39 is 0 Å². The molecule has 0 aliphatic carbocycles. The molecule has 2 aromatic rings. The molecule has 1 heterocycles. The molecule has 0 atom stereocenters. The van der Waals surface area contributed by atoms with Gasteiger partial charge in [-0.1, -0.05) is 60.2 Å². The minimum atomic E-state index is 0.303. The minimum absolute atomic E-state index is 0.303. The van der Waals surface area contributed by atoms with Crippen LogP contribution < -0.4 is 0 Å². The Morgan fingerprint density at radius 3 is 2.30 bits per heavy atom. The lowest BCUT2D eigenvalue weighted by molar-refractivity contribution is -0.132. The van der Waals surface area contributed by atoms with Crippen molar-refractivity contribution in [3.05, 3.63) is 71.3 Å². The van der Waals surface area contributed by atoms with Crippen LogP contribution in [0.4, 0.5) is 0 Å². The van der Waals surface area contributed by atoms with Crippen LogP contribution >= 0.6 is 0 Å². The Bertz CT molecular complexity index is 625. The highest BCUT2D eigenvalue weighted by atomic mass is 16.2. The summed E-state index contributed by atoms with van der Waals surface area (Å²) in [4.78, 5) is 14.5. The first-order chi connectivity index (χ1) is 11.2. The summed E-state index contributed by atoms with van der Waals surface area (Å²) < 4.78 is 0. The molecule has 0 saturated carbocycles. The van der Waals surface area contributed by atoms with Gasteiger partial charge in [-0.15, -0.1) is 0 Å². The van der Waals surface area contributed by atoms with E-state index in [0.717, 1.165) is 32.4 Å². The van der Waals surface area contributed by atoms with Crippen molar-refractivity contribution >= 4 is 5.91 Å². The van der Waals surface area contributed by atoms with E-state index >= 15 is 0 Å². The molecule has 120 valence electrons. The first kappa shape index (κ1) is 15.8. The molecule has 23 heavy (non-hydrogen) atoms. The zero-order chi connectivity index (χ0) is 16.1. The molecule has 1 saturated heterocycles. The Hall–Kier alpha value is -2.09. The summed E-state index contributed by atoms with van der Waals surface area (Å²) in [6, 6.07) is 19.2. The highest BCUT2D eigenvalue weighted by molar-refractivity contribution is 5.76. The highest BCUT2D eigenvalue weighted by Crippen LogP contribution is 2.28. The van der Waals surface area contributed by atoms with Crippen molar-refractivity contribution in [1.29, 1.82) is 0 Å². The van der Waals surface area contributed by atoms with E-state index in [9.17, 15) is 4.79 Å². The molecule has 1 aliphatic heterocycles. The maximum Gasteiger partial charge on any atom is 0.222 e. The van der Waals surface area contributed by atoms with Gasteiger partial charge in [0.15, 0.2) is 0 Å². The van der Waals surface area contributed by atoms with Gasteiger partial charge < -0.3 is 4.90 Å². The maximum absolute atomic E-state index is 12.4. The van der Waals surface area contributed by atoms with Crippen LogP contribution in [0.3, 0.4) is 0 Å². The Kier molecular flexibility index (Phi) is 5.12. The fourth-order valence-electron chi connectivity index (χ4n) is 3.35. The summed E-state index contributed by atoms with van der Waals surface area (Å²) in [5.41, 5.74) is 3.94. The Morgan fingerprint density at radius 1 is 1.00 bits per heavy atom. The second-order valence-corrected chi connectivity index (χ2v) is 6.55. The second kappa shape index (κ2) is 7.45. The summed E-state index contributed by atoms with van der Waals surface area (Å²) in [5, 5.41) is 0. The fraction of sp³-hybridized carbons (Fsp3) is 0.381. The smallest absolute Gasteiger partial charge is 0.222 e. The quantitative estimate of drug-likeness (QED) is 0.823. The number of nitrogens with zero attached hydrogens (tertiary/aromatic N) is 1. The van der Waals surface area contributed by atoms with Crippen LogP contribution in [0.1, 0.15) is 41.9 Å². The number of hydrogen-bond acceptors (Lipinski definition) is 1. The lowest BCUT2D eigenvalue weighted by Gasteiger charge is -2.32. The van der Waals surface area contributed by atoms with Crippen molar-refractivity contribution in [3.8, 4) is 0 Å². The lowest BCUT2D eigenvalue weighted by Crippen LogP contribution is -2.38. The molecule has 1 aliphatic rings. The Labute approximate surface area is 139 Å². The van der Waals surface area contributed by atoms with E-state index in [2.05, 4.69) is 61.5 Å². The number of piperidine rings is 1. The monoisotopic (exact) mass is 307 g/mol. The maximum atomic E-state index is 12.4. The fourth-order valence-corrected chi connectivity index (χ4v) is 3.35. The van der Waals surface area contributed by atoms with Crippen molar-refractivity contribution in [2.24, 2.45) is 0 Å². The number of likely N-dealkylation sites (tertiary alicyclic amines) is 1. The molecular formula is C21H25NO. The molecule has 0 aromatic heterocycles. The van der Waals surface area contributed by atoms with E-state index in [-0.39, 0.29) is 0 Å². The van der Waals surface area contributed by atoms with Gasteiger partial charge in [0.05, 0.1) is 0 Å². The van der Waals surface area contributed by atoms with Gasteiger partial charge in [-0.25, -0.2) is 0 Å². The first-order valence-electron chi connectivity index (χ1n) is 8.60. The molecule has 0 N–H and O–H groups in total. The molecule has 2 heteroatoms. The number of rotatable bonds is 4. The van der Waals surface area contributed by atoms with E-state index in [1.807, 2.05) is 4.90 Å². The number of aryl methyl sites for hydroxylation is 2. The third-order valence-corrected chi connectivity index (χ3v) is 4.87. The molecule has 1 amide bonds. The van der Waals surface area contributed by atoms with Crippen molar-refractivity contribution < 1.29 is 4.79 Å². The average molecular weight is 307 g/mol. The Balaban J connectivity index is 1.47. The largest absolute Gasteiger partial charge is 0.343 e. The second-order valence-electron chi connectivity index (χ2n) is 6.55. The molecule has 3 rings (SSSR count). The third kappa shape index (κ3) is 4.22. The number of carbonyl (C=O) groups excluding carboxylic acids is 1. The lowest BCUT2D eigenvalue weighted by atomic mass is 9.89. The number of benzene rings is 2. The molecule has 0 unspecified atom stereocenters. The predicted octanol–water partition coefficient (Wildman–Crippen LogP) is 4.33. The SMILES string of the molecule is Cc1ccc(CCC(=O)N2CCC(c3ccccc3)CC2)cc1. The van der Waals surface area contributed by atoms with Gasteiger partial charge in [0.2, 0.25) is 5.91 Å². The minimum Gasteiger partial charge on any atom is -0.343 e. The van der Waals surface area contributed by atoms with Crippen LogP contribution in [-0.2, 0) is 11.2 Å². The molecule has 1 fully saturated rings. The topological polar surface area (TPSA) is 20.3 Å². The van der Waals surface area contributed by atoms with Gasteiger partial charge >= 0.3 is 0 Å². The van der Waals surface area contributed by atoms with Crippen molar-refractivity contribution in [3.63, 3.8) is 0 Å². The van der Waals surface area contributed by atoms with Gasteiger partial charge in [0.1, 0.15) is 0 Å². The summed E-state index contributed by atoms with van der Waals surface area (Å²) >= 11 is 0. The van der Waals surface area contributed by atoms with Crippen molar-refractivity contribution in [2.45, 2.75) is 38.5 Å². The van der Waals surface area contributed by atoms with Crippen LogP contribution in [0.2, 0.25) is 0 Å². The molecule has 0 radical (unpaired) electrons. The van der Waals surface area contributed by atoms with Crippen molar-refractivity contribution in [1.82, 2.24) is 4.90 Å². The predicted molar refractivity (Wildman–Crippen MR) is 94.5 cm³/mol. The third-order valence-electron chi connectivity index (χ3n) is 4.87. The number of carbonyl (C=O) groups is 1. The summed E-state index contributed by atoms with van der Waals surface area (Å²) in [6.07, 6.45) is 3.64. The molecular weight excluding hydrogens is 282 g/mol. The summed E-state index contributed by atoms with van der Waals surface area (Å²) in [5.74, 6) is 0.912. The first-order valence-corrected chi connectivity index (χ1v) is 8.60. The van der Waals surface area contributed by atoms with Gasteiger partial charge in [-0.05, 0) is 43.2 Å². The molecule has 2 aromatic carbocycles. The van der Waals surface area contributed by atoms with E-state index in [0.29, 0.717) is 18.2 Å². The number of amides is 1. The van der Waals surface area contributed by atoms with Crippen LogP contribution in [0.25, 0.3) is 0 Å². The highest BCUT2D eigenvalue weighted by Gasteiger charge is 2.23. The molecule has 0 bridgehead atoms. The average Bonchev–Trinajstić information content (AvgIpc) is 2.62. The Morgan fingerprint density at radius 2 is 1.65 bits per heavy atom. The van der Waals surface area contributed by atoms with Gasteiger partial charge in [-0.3, -0.25) is 4.79 Å². The van der Waals surface area contributed by atoms with Crippen LogP contribution in [0.5, 0.6) is 0 Å². The molecule has 2 nitrogen and oxygen atoms in total. The zero-order valence-electron chi connectivity index (χ0n) is 13.9. The van der Waals surface area contributed by atoms with Gasteiger partial charge in [-0.2, -0.15) is 0 Å². The molecule has 0 spiro atoms. The van der Waals surface area contributed by atoms with Gasteiger partial charge in [0.25, 0.3) is 0 Å². The van der Waals surface area contributed by atoms with Crippen molar-refractivity contribution in [2.75, 3.05) is 13.1 Å². The zero-order valence-corrected chi connectivity index (χ0v) is 13.9. The summed E-state index contributed by atoms with van der Waals surface area (Å²) in [7, 11) is 0. The van der Waals surface area contributed by atoms with E-state index in [4.69, 9.17) is 0 Å².